The van der Waals surface area contributed by atoms with Crippen LogP contribution < -0.4 is 4.74 Å². The first-order valence-electron chi connectivity index (χ1n) is 6.96. The summed E-state index contributed by atoms with van der Waals surface area (Å²) < 4.78 is 18.6. The van der Waals surface area contributed by atoms with Crippen molar-refractivity contribution in [2.45, 2.75) is 45.1 Å². The van der Waals surface area contributed by atoms with E-state index in [0.717, 1.165) is 18.4 Å². The third-order valence-electron chi connectivity index (χ3n) is 4.01. The third kappa shape index (κ3) is 3.47. The Morgan fingerprint density at radius 1 is 1.32 bits per heavy atom. The van der Waals surface area contributed by atoms with E-state index in [1.165, 1.54) is 19.6 Å². The number of hydrogen-bond donors (Lipinski definition) is 1. The molecule has 0 amide bonds. The Labute approximate surface area is 114 Å². The van der Waals surface area contributed by atoms with E-state index < -0.39 is 5.60 Å². The lowest BCUT2D eigenvalue weighted by atomic mass is 9.71. The lowest BCUT2D eigenvalue weighted by Gasteiger charge is -2.39. The molecule has 1 aromatic rings. The minimum atomic E-state index is -0.696. The molecular formula is C16H23FO2. The first kappa shape index (κ1) is 14.3. The first-order chi connectivity index (χ1) is 8.92. The highest BCUT2D eigenvalue weighted by Gasteiger charge is 2.36. The van der Waals surface area contributed by atoms with Crippen molar-refractivity contribution < 1.29 is 14.2 Å². The average molecular weight is 266 g/mol. The van der Waals surface area contributed by atoms with Gasteiger partial charge in [-0.1, -0.05) is 19.9 Å². The van der Waals surface area contributed by atoms with Crippen LogP contribution in [0.15, 0.2) is 18.2 Å². The Morgan fingerprint density at radius 2 is 1.95 bits per heavy atom. The topological polar surface area (TPSA) is 29.5 Å². The lowest BCUT2D eigenvalue weighted by Crippen LogP contribution is -2.39. The molecular weight excluding hydrogens is 243 g/mol. The van der Waals surface area contributed by atoms with Crippen molar-refractivity contribution in [3.8, 4) is 5.75 Å². The van der Waals surface area contributed by atoms with Crippen LogP contribution in [0.2, 0.25) is 0 Å². The van der Waals surface area contributed by atoms with Gasteiger partial charge < -0.3 is 9.84 Å². The fourth-order valence-electron chi connectivity index (χ4n) is 3.58. The third-order valence-corrected chi connectivity index (χ3v) is 4.01. The highest BCUT2D eigenvalue weighted by Crippen LogP contribution is 2.38. The van der Waals surface area contributed by atoms with Crippen LogP contribution in [0, 0.1) is 17.7 Å². The summed E-state index contributed by atoms with van der Waals surface area (Å²) >= 11 is 0. The molecule has 1 fully saturated rings. The summed E-state index contributed by atoms with van der Waals surface area (Å²) in [5.74, 6) is 0.940. The van der Waals surface area contributed by atoms with Crippen LogP contribution in [0.4, 0.5) is 4.39 Å². The largest absolute Gasteiger partial charge is 0.494 e. The second-order valence-electron chi connectivity index (χ2n) is 6.22. The number of aliphatic hydroxyl groups is 1. The van der Waals surface area contributed by atoms with Gasteiger partial charge in [-0.15, -0.1) is 0 Å². The summed E-state index contributed by atoms with van der Waals surface area (Å²) in [4.78, 5) is 0. The van der Waals surface area contributed by atoms with Crippen molar-refractivity contribution in [1.82, 2.24) is 0 Å². The Morgan fingerprint density at radius 3 is 2.47 bits per heavy atom. The van der Waals surface area contributed by atoms with Crippen molar-refractivity contribution in [1.29, 1.82) is 0 Å². The molecule has 0 aliphatic heterocycles. The Hall–Kier alpha value is -1.09. The van der Waals surface area contributed by atoms with Gasteiger partial charge in [0.05, 0.1) is 12.7 Å². The molecule has 2 nitrogen and oxygen atoms in total. The molecule has 2 atom stereocenters. The van der Waals surface area contributed by atoms with Crippen LogP contribution in [-0.2, 0) is 6.42 Å². The summed E-state index contributed by atoms with van der Waals surface area (Å²) in [6, 6.07) is 4.94. The minimum Gasteiger partial charge on any atom is -0.494 e. The highest BCUT2D eigenvalue weighted by molar-refractivity contribution is 5.30. The number of benzene rings is 1. The molecule has 0 bridgehead atoms. The van der Waals surface area contributed by atoms with Gasteiger partial charge in [-0.2, -0.15) is 0 Å². The van der Waals surface area contributed by atoms with Gasteiger partial charge in [0, 0.05) is 6.42 Å². The van der Waals surface area contributed by atoms with Gasteiger partial charge >= 0.3 is 0 Å². The molecule has 3 heteroatoms. The molecule has 1 N–H and O–H groups in total. The monoisotopic (exact) mass is 266 g/mol. The van der Waals surface area contributed by atoms with E-state index >= 15 is 0 Å². The van der Waals surface area contributed by atoms with Crippen molar-refractivity contribution >= 4 is 0 Å². The molecule has 1 aliphatic carbocycles. The smallest absolute Gasteiger partial charge is 0.165 e. The number of ether oxygens (including phenoxy) is 1. The summed E-state index contributed by atoms with van der Waals surface area (Å²) in [5, 5.41) is 10.7. The fraction of sp³-hybridized carbons (Fsp3) is 0.625. The summed E-state index contributed by atoms with van der Waals surface area (Å²) in [6.45, 7) is 4.35. The normalized spacial score (nSPS) is 31.2. The number of halogens is 1. The van der Waals surface area contributed by atoms with Crippen molar-refractivity contribution in [2.24, 2.45) is 11.8 Å². The minimum absolute atomic E-state index is 0.251. The van der Waals surface area contributed by atoms with Gasteiger partial charge in [0.25, 0.3) is 0 Å². The van der Waals surface area contributed by atoms with Crippen LogP contribution in [0.1, 0.15) is 38.7 Å². The zero-order chi connectivity index (χ0) is 14.0. The summed E-state index contributed by atoms with van der Waals surface area (Å²) in [7, 11) is 1.45. The molecule has 0 radical (unpaired) electrons. The predicted molar refractivity (Wildman–Crippen MR) is 73.8 cm³/mol. The molecule has 2 unspecified atom stereocenters. The highest BCUT2D eigenvalue weighted by atomic mass is 19.1. The maximum atomic E-state index is 13.7. The van der Waals surface area contributed by atoms with Crippen LogP contribution in [-0.4, -0.2) is 17.8 Å². The van der Waals surface area contributed by atoms with E-state index in [4.69, 9.17) is 4.74 Å². The van der Waals surface area contributed by atoms with E-state index in [1.54, 1.807) is 6.07 Å². The first-order valence-corrected chi connectivity index (χ1v) is 6.96. The van der Waals surface area contributed by atoms with E-state index in [1.807, 2.05) is 6.07 Å². The molecule has 1 aromatic carbocycles. The van der Waals surface area contributed by atoms with Gasteiger partial charge in [0.1, 0.15) is 0 Å². The van der Waals surface area contributed by atoms with Gasteiger partial charge in [-0.05, 0) is 48.8 Å². The SMILES string of the molecule is COc1ccc(CC2(O)CC(C)CC(C)C2)cc1F. The second kappa shape index (κ2) is 5.49. The molecule has 19 heavy (non-hydrogen) atoms. The Kier molecular flexibility index (Phi) is 4.14. The van der Waals surface area contributed by atoms with Crippen molar-refractivity contribution in [2.75, 3.05) is 7.11 Å². The maximum Gasteiger partial charge on any atom is 0.165 e. The number of methoxy groups -OCH3 is 1. The maximum absolute atomic E-state index is 13.7. The molecule has 1 aliphatic rings. The standard InChI is InChI=1S/C16H23FO2/c1-11-6-12(2)9-16(18,8-11)10-13-4-5-15(19-3)14(17)7-13/h4-5,7,11-12,18H,6,8-10H2,1-3H3. The van der Waals surface area contributed by atoms with E-state index in [2.05, 4.69) is 13.8 Å². The predicted octanol–water partition coefficient (Wildman–Crippen LogP) is 3.56. The zero-order valence-electron chi connectivity index (χ0n) is 11.9. The van der Waals surface area contributed by atoms with Gasteiger partial charge in [0.15, 0.2) is 11.6 Å². The van der Waals surface area contributed by atoms with Crippen LogP contribution in [0.25, 0.3) is 0 Å². The second-order valence-corrected chi connectivity index (χ2v) is 6.22. The molecule has 1 saturated carbocycles. The fourth-order valence-corrected chi connectivity index (χ4v) is 3.58. The van der Waals surface area contributed by atoms with Crippen LogP contribution in [0.5, 0.6) is 5.75 Å². The van der Waals surface area contributed by atoms with Gasteiger partial charge in [0.2, 0.25) is 0 Å². The number of hydrogen-bond acceptors (Lipinski definition) is 2. The molecule has 0 heterocycles. The van der Waals surface area contributed by atoms with E-state index in [-0.39, 0.29) is 11.6 Å². The van der Waals surface area contributed by atoms with E-state index in [0.29, 0.717) is 18.3 Å². The van der Waals surface area contributed by atoms with Gasteiger partial charge in [-0.25, -0.2) is 4.39 Å². The van der Waals surface area contributed by atoms with Crippen LogP contribution >= 0.6 is 0 Å². The van der Waals surface area contributed by atoms with E-state index in [9.17, 15) is 9.50 Å². The molecule has 2 rings (SSSR count). The lowest BCUT2D eigenvalue weighted by molar-refractivity contribution is -0.0305. The Bertz CT molecular complexity index is 434. The quantitative estimate of drug-likeness (QED) is 0.906. The molecule has 0 spiro atoms. The summed E-state index contributed by atoms with van der Waals surface area (Å²) in [6.07, 6.45) is 3.28. The number of rotatable bonds is 3. The van der Waals surface area contributed by atoms with Crippen molar-refractivity contribution in [3.63, 3.8) is 0 Å². The molecule has 106 valence electrons. The zero-order valence-corrected chi connectivity index (χ0v) is 11.9. The van der Waals surface area contributed by atoms with Crippen molar-refractivity contribution in [3.05, 3.63) is 29.6 Å². The van der Waals surface area contributed by atoms with Gasteiger partial charge in [-0.3, -0.25) is 0 Å². The molecule has 0 aromatic heterocycles. The summed E-state index contributed by atoms with van der Waals surface area (Å²) in [5.41, 5.74) is 0.139. The average Bonchev–Trinajstić information content (AvgIpc) is 2.26. The van der Waals surface area contributed by atoms with Crippen LogP contribution in [0.3, 0.4) is 0 Å². The molecule has 0 saturated heterocycles. The Balaban J connectivity index is 2.13.